The first-order chi connectivity index (χ1) is 9.60. The van der Waals surface area contributed by atoms with Crippen molar-refractivity contribution in [3.8, 4) is 0 Å². The molecule has 0 spiro atoms. The molecule has 2 nitrogen and oxygen atoms in total. The lowest BCUT2D eigenvalue weighted by Crippen LogP contribution is -2.35. The van der Waals surface area contributed by atoms with E-state index in [2.05, 4.69) is 56.2 Å². The second-order valence-corrected chi connectivity index (χ2v) is 6.53. The molecule has 1 saturated carbocycles. The van der Waals surface area contributed by atoms with Gasteiger partial charge in [-0.2, -0.15) is 0 Å². The lowest BCUT2D eigenvalue weighted by atomic mass is 9.98. The van der Waals surface area contributed by atoms with E-state index in [-0.39, 0.29) is 0 Å². The van der Waals surface area contributed by atoms with Crippen LogP contribution in [0.4, 0.5) is 0 Å². The van der Waals surface area contributed by atoms with Crippen molar-refractivity contribution in [1.29, 1.82) is 0 Å². The van der Waals surface area contributed by atoms with Crippen molar-refractivity contribution in [3.63, 3.8) is 0 Å². The number of hydrogen-bond donors (Lipinski definition) is 1. The molecular weight excluding hydrogens is 244 g/mol. The van der Waals surface area contributed by atoms with Crippen molar-refractivity contribution in [3.05, 3.63) is 34.9 Å². The molecule has 1 aromatic carbocycles. The Hall–Kier alpha value is -0.860. The first-order valence-corrected chi connectivity index (χ1v) is 8.09. The summed E-state index contributed by atoms with van der Waals surface area (Å²) >= 11 is 0. The van der Waals surface area contributed by atoms with E-state index in [1.54, 1.807) is 0 Å². The van der Waals surface area contributed by atoms with Crippen LogP contribution in [0.3, 0.4) is 0 Å². The highest BCUT2D eigenvalue weighted by atomic mass is 15.1. The monoisotopic (exact) mass is 274 g/mol. The van der Waals surface area contributed by atoms with Gasteiger partial charge in [-0.05, 0) is 63.7 Å². The Morgan fingerprint density at radius 2 is 2.05 bits per heavy atom. The summed E-state index contributed by atoms with van der Waals surface area (Å²) in [4.78, 5) is 2.50. The van der Waals surface area contributed by atoms with Gasteiger partial charge in [-0.15, -0.1) is 0 Å². The Kier molecular flexibility index (Phi) is 5.62. The zero-order valence-electron chi connectivity index (χ0n) is 13.6. The number of nitrogens with zero attached hydrogens (tertiary/aromatic N) is 1. The van der Waals surface area contributed by atoms with Crippen molar-refractivity contribution in [1.82, 2.24) is 10.2 Å². The third-order valence-corrected chi connectivity index (χ3v) is 4.20. The van der Waals surface area contributed by atoms with E-state index in [0.717, 1.165) is 19.0 Å². The molecule has 112 valence electrons. The summed E-state index contributed by atoms with van der Waals surface area (Å²) in [5.41, 5.74) is 4.23. The molecule has 0 aromatic heterocycles. The molecule has 0 aliphatic heterocycles. The molecular formula is C18H30N2. The van der Waals surface area contributed by atoms with E-state index >= 15 is 0 Å². The summed E-state index contributed by atoms with van der Waals surface area (Å²) < 4.78 is 0. The van der Waals surface area contributed by atoms with E-state index in [1.165, 1.54) is 42.5 Å². The van der Waals surface area contributed by atoms with Gasteiger partial charge in [0.1, 0.15) is 0 Å². The Bertz CT molecular complexity index is 423. The maximum Gasteiger partial charge on any atom is 0.0451 e. The van der Waals surface area contributed by atoms with Crippen molar-refractivity contribution in [2.24, 2.45) is 5.92 Å². The topological polar surface area (TPSA) is 15.3 Å². The number of aryl methyl sites for hydroxylation is 2. The lowest BCUT2D eigenvalue weighted by Gasteiger charge is -2.27. The molecule has 20 heavy (non-hydrogen) atoms. The molecule has 0 bridgehead atoms. The lowest BCUT2D eigenvalue weighted by molar-refractivity contribution is 0.280. The predicted molar refractivity (Wildman–Crippen MR) is 87.2 cm³/mol. The van der Waals surface area contributed by atoms with Crippen molar-refractivity contribution < 1.29 is 0 Å². The SMILES string of the molecule is CCCNC(CN(C)CC1CC1)c1ccc(C)cc1C. The largest absolute Gasteiger partial charge is 0.309 e. The summed E-state index contributed by atoms with van der Waals surface area (Å²) in [6.45, 7) is 10.1. The number of likely N-dealkylation sites (N-methyl/N-ethyl adjacent to an activating group) is 1. The van der Waals surface area contributed by atoms with Gasteiger partial charge in [0.25, 0.3) is 0 Å². The standard InChI is InChI=1S/C18H30N2/c1-5-10-19-18(13-20(4)12-16-7-8-16)17-9-6-14(2)11-15(17)3/h6,9,11,16,18-19H,5,7-8,10,12-13H2,1-4H3. The third kappa shape index (κ3) is 4.60. The van der Waals surface area contributed by atoms with Gasteiger partial charge in [0.15, 0.2) is 0 Å². The highest BCUT2D eigenvalue weighted by Crippen LogP contribution is 2.30. The minimum absolute atomic E-state index is 0.458. The smallest absolute Gasteiger partial charge is 0.0451 e. The van der Waals surface area contributed by atoms with Crippen LogP contribution >= 0.6 is 0 Å². The summed E-state index contributed by atoms with van der Waals surface area (Å²) in [5, 5.41) is 3.73. The predicted octanol–water partition coefficient (Wildman–Crippen LogP) is 3.69. The van der Waals surface area contributed by atoms with Gasteiger partial charge in [-0.25, -0.2) is 0 Å². The molecule has 0 radical (unpaired) electrons. The first-order valence-electron chi connectivity index (χ1n) is 8.09. The fraction of sp³-hybridized carbons (Fsp3) is 0.667. The molecule has 0 saturated heterocycles. The van der Waals surface area contributed by atoms with E-state index < -0.39 is 0 Å². The Morgan fingerprint density at radius 1 is 1.30 bits per heavy atom. The average molecular weight is 274 g/mol. The molecule has 1 aliphatic rings. The molecule has 0 heterocycles. The van der Waals surface area contributed by atoms with E-state index in [0.29, 0.717) is 6.04 Å². The van der Waals surface area contributed by atoms with Gasteiger partial charge in [0.2, 0.25) is 0 Å². The second-order valence-electron chi connectivity index (χ2n) is 6.53. The highest BCUT2D eigenvalue weighted by molar-refractivity contribution is 5.33. The zero-order chi connectivity index (χ0) is 14.5. The number of nitrogens with one attached hydrogen (secondary N) is 1. The fourth-order valence-corrected chi connectivity index (χ4v) is 2.94. The van der Waals surface area contributed by atoms with E-state index in [9.17, 15) is 0 Å². The van der Waals surface area contributed by atoms with Crippen LogP contribution in [0.15, 0.2) is 18.2 Å². The second kappa shape index (κ2) is 7.24. The summed E-state index contributed by atoms with van der Waals surface area (Å²) in [6.07, 6.45) is 4.05. The van der Waals surface area contributed by atoms with Crippen molar-refractivity contribution in [2.75, 3.05) is 26.7 Å². The number of rotatable bonds is 8. The normalized spacial score (nSPS) is 16.6. The van der Waals surface area contributed by atoms with Crippen molar-refractivity contribution in [2.45, 2.75) is 46.1 Å². The van der Waals surface area contributed by atoms with E-state index in [4.69, 9.17) is 0 Å². The van der Waals surface area contributed by atoms with Gasteiger partial charge >= 0.3 is 0 Å². The maximum absolute atomic E-state index is 3.73. The molecule has 1 fully saturated rings. The Balaban J connectivity index is 2.04. The van der Waals surface area contributed by atoms with Crippen LogP contribution in [-0.2, 0) is 0 Å². The van der Waals surface area contributed by atoms with Gasteiger partial charge in [-0.3, -0.25) is 0 Å². The molecule has 1 aromatic rings. The molecule has 1 atom stereocenters. The van der Waals surface area contributed by atoms with Crippen LogP contribution < -0.4 is 5.32 Å². The summed E-state index contributed by atoms with van der Waals surface area (Å²) in [6, 6.07) is 7.31. The Labute approximate surface area is 124 Å². The number of hydrogen-bond acceptors (Lipinski definition) is 2. The van der Waals surface area contributed by atoms with Crippen LogP contribution in [0.1, 0.15) is 48.9 Å². The maximum atomic E-state index is 3.73. The van der Waals surface area contributed by atoms with Gasteiger partial charge in [0, 0.05) is 19.1 Å². The van der Waals surface area contributed by atoms with Crippen LogP contribution in [0.25, 0.3) is 0 Å². The average Bonchev–Trinajstić information content (AvgIpc) is 3.18. The molecule has 0 amide bonds. The van der Waals surface area contributed by atoms with Gasteiger partial charge in [-0.1, -0.05) is 30.7 Å². The highest BCUT2D eigenvalue weighted by Gasteiger charge is 2.24. The number of benzene rings is 1. The van der Waals surface area contributed by atoms with Crippen molar-refractivity contribution >= 4 is 0 Å². The minimum Gasteiger partial charge on any atom is -0.309 e. The molecule has 2 rings (SSSR count). The zero-order valence-corrected chi connectivity index (χ0v) is 13.6. The van der Waals surface area contributed by atoms with Crippen LogP contribution in [0, 0.1) is 19.8 Å². The van der Waals surface area contributed by atoms with Crippen LogP contribution in [0.5, 0.6) is 0 Å². The van der Waals surface area contributed by atoms with Gasteiger partial charge in [0.05, 0.1) is 0 Å². The van der Waals surface area contributed by atoms with E-state index in [1.807, 2.05) is 0 Å². The van der Waals surface area contributed by atoms with Gasteiger partial charge < -0.3 is 10.2 Å². The van der Waals surface area contributed by atoms with Crippen LogP contribution in [-0.4, -0.2) is 31.6 Å². The molecule has 1 aliphatic carbocycles. The summed E-state index contributed by atoms with van der Waals surface area (Å²) in [5.74, 6) is 0.964. The fourth-order valence-electron chi connectivity index (χ4n) is 2.94. The first kappa shape index (κ1) is 15.5. The minimum atomic E-state index is 0.458. The third-order valence-electron chi connectivity index (χ3n) is 4.20. The Morgan fingerprint density at radius 3 is 2.65 bits per heavy atom. The molecule has 1 N–H and O–H groups in total. The quantitative estimate of drug-likeness (QED) is 0.778. The summed E-state index contributed by atoms with van der Waals surface area (Å²) in [7, 11) is 2.27. The molecule has 1 unspecified atom stereocenters. The van der Waals surface area contributed by atoms with Crippen LogP contribution in [0.2, 0.25) is 0 Å². The molecule has 2 heteroatoms.